The molecule has 0 aliphatic rings. The molecule has 5 nitrogen and oxygen atoms in total. The second kappa shape index (κ2) is 10.1. The Kier molecular flexibility index (Phi) is 6.98. The third kappa shape index (κ3) is 5.29. The maximum absolute atomic E-state index is 13.5. The average molecular weight is 462 g/mol. The number of halogens is 1. The van der Waals surface area contributed by atoms with Crippen molar-refractivity contribution in [3.63, 3.8) is 0 Å². The molecule has 3 aromatic carbocycles. The molecule has 0 saturated heterocycles. The van der Waals surface area contributed by atoms with Crippen LogP contribution in [0, 0.1) is 5.82 Å². The van der Waals surface area contributed by atoms with Crippen molar-refractivity contribution < 1.29 is 18.7 Å². The van der Waals surface area contributed by atoms with Crippen molar-refractivity contribution in [2.75, 3.05) is 20.6 Å². The molecule has 34 heavy (non-hydrogen) atoms. The fraction of sp³-hybridized carbons (Fsp3) is 0.250. The molecule has 1 atom stereocenters. The lowest BCUT2D eigenvalue weighted by Gasteiger charge is -2.21. The first-order valence-corrected chi connectivity index (χ1v) is 11.3. The fourth-order valence-electron chi connectivity index (χ4n) is 4.09. The largest absolute Gasteiger partial charge is 0.508 e. The highest BCUT2D eigenvalue weighted by Gasteiger charge is 2.18. The van der Waals surface area contributed by atoms with Crippen LogP contribution in [0.4, 0.5) is 4.39 Å². The Morgan fingerprint density at radius 3 is 2.38 bits per heavy atom. The molecule has 0 aliphatic carbocycles. The number of phenolic OH excluding ortho intramolecular Hbond substituents is 1. The number of likely N-dealkylation sites (N-methyl/N-ethyl adjacent to an activating group) is 1. The standard InChI is InChI=1S/C28H28FNO4/c1-4-22(17-30(2)3)33-23-12-5-18(6-13-23)15-25-24-14-11-21(31)16-26(24)34-28(32)27(25)19-7-9-20(29)10-8-19/h5-14,16,22,31H,4,15,17H2,1-3H3. The molecule has 4 rings (SSSR count). The number of rotatable bonds is 8. The first kappa shape index (κ1) is 23.5. The fourth-order valence-corrected chi connectivity index (χ4v) is 4.09. The van der Waals surface area contributed by atoms with Gasteiger partial charge in [0.1, 0.15) is 29.0 Å². The van der Waals surface area contributed by atoms with Crippen molar-refractivity contribution in [3.05, 3.63) is 94.1 Å². The van der Waals surface area contributed by atoms with E-state index in [2.05, 4.69) is 11.8 Å². The van der Waals surface area contributed by atoms with Crippen LogP contribution in [-0.4, -0.2) is 36.8 Å². The Morgan fingerprint density at radius 1 is 1.03 bits per heavy atom. The number of fused-ring (bicyclic) bond motifs is 1. The summed E-state index contributed by atoms with van der Waals surface area (Å²) in [4.78, 5) is 15.1. The first-order valence-electron chi connectivity index (χ1n) is 11.3. The molecule has 1 heterocycles. The molecule has 1 aromatic heterocycles. The van der Waals surface area contributed by atoms with E-state index in [-0.39, 0.29) is 17.7 Å². The normalized spacial score (nSPS) is 12.3. The Bertz CT molecular complexity index is 1330. The molecule has 6 heteroatoms. The summed E-state index contributed by atoms with van der Waals surface area (Å²) in [5.74, 6) is 0.426. The summed E-state index contributed by atoms with van der Waals surface area (Å²) in [6.45, 7) is 2.93. The van der Waals surface area contributed by atoms with Crippen molar-refractivity contribution in [3.8, 4) is 22.6 Å². The Morgan fingerprint density at radius 2 is 1.74 bits per heavy atom. The lowest BCUT2D eigenvalue weighted by Crippen LogP contribution is -2.30. The Hall–Kier alpha value is -3.64. The third-order valence-electron chi connectivity index (χ3n) is 5.76. The molecule has 4 aromatic rings. The Balaban J connectivity index is 1.72. The number of benzene rings is 3. The number of aromatic hydroxyl groups is 1. The third-order valence-corrected chi connectivity index (χ3v) is 5.76. The van der Waals surface area contributed by atoms with Crippen molar-refractivity contribution >= 4 is 11.0 Å². The van der Waals surface area contributed by atoms with Gasteiger partial charge in [0.2, 0.25) is 0 Å². The van der Waals surface area contributed by atoms with E-state index in [9.17, 15) is 14.3 Å². The van der Waals surface area contributed by atoms with Crippen molar-refractivity contribution in [1.29, 1.82) is 0 Å². The van der Waals surface area contributed by atoms with E-state index >= 15 is 0 Å². The van der Waals surface area contributed by atoms with Gasteiger partial charge in [0.25, 0.3) is 0 Å². The lowest BCUT2D eigenvalue weighted by molar-refractivity contribution is 0.156. The quantitative estimate of drug-likeness (QED) is 0.345. The number of hydrogen-bond donors (Lipinski definition) is 1. The lowest BCUT2D eigenvalue weighted by atomic mass is 9.93. The van der Waals surface area contributed by atoms with Gasteiger partial charge in [0.05, 0.1) is 5.56 Å². The predicted octanol–water partition coefficient (Wildman–Crippen LogP) is 5.61. The molecule has 0 amide bonds. The summed E-state index contributed by atoms with van der Waals surface area (Å²) < 4.78 is 25.2. The zero-order valence-corrected chi connectivity index (χ0v) is 19.5. The average Bonchev–Trinajstić information content (AvgIpc) is 2.80. The van der Waals surface area contributed by atoms with Crippen LogP contribution < -0.4 is 10.4 Å². The molecule has 1 unspecified atom stereocenters. The minimum absolute atomic E-state index is 0.0147. The summed E-state index contributed by atoms with van der Waals surface area (Å²) >= 11 is 0. The molecule has 0 spiro atoms. The van der Waals surface area contributed by atoms with Gasteiger partial charge < -0.3 is 19.2 Å². The zero-order valence-electron chi connectivity index (χ0n) is 19.5. The van der Waals surface area contributed by atoms with Crippen LogP contribution in [0.3, 0.4) is 0 Å². The summed E-state index contributed by atoms with van der Waals surface area (Å²) in [6.07, 6.45) is 1.45. The number of hydrogen-bond acceptors (Lipinski definition) is 5. The van der Waals surface area contributed by atoms with Gasteiger partial charge in [-0.3, -0.25) is 0 Å². The second-order valence-corrected chi connectivity index (χ2v) is 8.66. The highest BCUT2D eigenvalue weighted by atomic mass is 19.1. The van der Waals surface area contributed by atoms with Crippen LogP contribution in [0.25, 0.3) is 22.1 Å². The van der Waals surface area contributed by atoms with Gasteiger partial charge >= 0.3 is 5.63 Å². The summed E-state index contributed by atoms with van der Waals surface area (Å²) in [7, 11) is 4.04. The molecular weight excluding hydrogens is 433 g/mol. The maximum atomic E-state index is 13.5. The highest BCUT2D eigenvalue weighted by molar-refractivity contribution is 5.88. The van der Waals surface area contributed by atoms with Crippen molar-refractivity contribution in [1.82, 2.24) is 4.90 Å². The van der Waals surface area contributed by atoms with Crippen LogP contribution in [0.2, 0.25) is 0 Å². The zero-order chi connectivity index (χ0) is 24.2. The molecule has 0 fully saturated rings. The topological polar surface area (TPSA) is 62.9 Å². The van der Waals surface area contributed by atoms with Crippen molar-refractivity contribution in [2.45, 2.75) is 25.9 Å². The van der Waals surface area contributed by atoms with Crippen LogP contribution >= 0.6 is 0 Å². The molecule has 176 valence electrons. The van der Waals surface area contributed by atoms with Gasteiger partial charge in [-0.05, 0) is 80.0 Å². The molecule has 0 radical (unpaired) electrons. The van der Waals surface area contributed by atoms with Crippen LogP contribution in [0.5, 0.6) is 11.5 Å². The van der Waals surface area contributed by atoms with Crippen LogP contribution in [-0.2, 0) is 6.42 Å². The van der Waals surface area contributed by atoms with Gasteiger partial charge in [-0.1, -0.05) is 31.2 Å². The van der Waals surface area contributed by atoms with E-state index in [1.54, 1.807) is 24.3 Å². The Labute approximate surface area is 198 Å². The predicted molar refractivity (Wildman–Crippen MR) is 132 cm³/mol. The summed E-state index contributed by atoms with van der Waals surface area (Å²) in [5, 5.41) is 10.6. The van der Waals surface area contributed by atoms with E-state index in [1.807, 2.05) is 38.4 Å². The first-order chi connectivity index (χ1) is 16.3. The second-order valence-electron chi connectivity index (χ2n) is 8.66. The van der Waals surface area contributed by atoms with E-state index in [0.717, 1.165) is 29.8 Å². The number of nitrogens with zero attached hydrogens (tertiary/aromatic N) is 1. The summed E-state index contributed by atoms with van der Waals surface area (Å²) in [5.41, 5.74) is 2.47. The van der Waals surface area contributed by atoms with Gasteiger partial charge in [0.15, 0.2) is 0 Å². The molecular formula is C28H28FNO4. The van der Waals surface area contributed by atoms with Gasteiger partial charge in [-0.2, -0.15) is 0 Å². The smallest absolute Gasteiger partial charge is 0.344 e. The van der Waals surface area contributed by atoms with Crippen LogP contribution in [0.15, 0.2) is 75.9 Å². The van der Waals surface area contributed by atoms with Gasteiger partial charge in [-0.15, -0.1) is 0 Å². The summed E-state index contributed by atoms with van der Waals surface area (Å²) in [6, 6.07) is 18.4. The van der Waals surface area contributed by atoms with E-state index in [0.29, 0.717) is 28.5 Å². The van der Waals surface area contributed by atoms with Gasteiger partial charge in [-0.25, -0.2) is 9.18 Å². The van der Waals surface area contributed by atoms with E-state index in [1.165, 1.54) is 18.2 Å². The molecule has 0 aliphatic heterocycles. The van der Waals surface area contributed by atoms with Crippen LogP contribution in [0.1, 0.15) is 24.5 Å². The van der Waals surface area contributed by atoms with E-state index < -0.39 is 5.63 Å². The molecule has 1 N–H and O–H groups in total. The minimum atomic E-state index is -0.533. The SMILES string of the molecule is CCC(CN(C)C)Oc1ccc(Cc2c(-c3ccc(F)cc3)c(=O)oc3cc(O)ccc23)cc1. The van der Waals surface area contributed by atoms with E-state index in [4.69, 9.17) is 9.15 Å². The van der Waals surface area contributed by atoms with Crippen molar-refractivity contribution in [2.24, 2.45) is 0 Å². The maximum Gasteiger partial charge on any atom is 0.344 e. The number of phenols is 1. The molecule has 0 saturated carbocycles. The molecule has 0 bridgehead atoms. The monoisotopic (exact) mass is 461 g/mol. The highest BCUT2D eigenvalue weighted by Crippen LogP contribution is 2.31. The minimum Gasteiger partial charge on any atom is -0.508 e. The van der Waals surface area contributed by atoms with Gasteiger partial charge in [0, 0.05) is 18.0 Å². The number of ether oxygens (including phenoxy) is 1.